The van der Waals surface area contributed by atoms with E-state index in [2.05, 4.69) is 4.98 Å². The van der Waals surface area contributed by atoms with Crippen LogP contribution in [-0.4, -0.2) is 22.3 Å². The summed E-state index contributed by atoms with van der Waals surface area (Å²) in [6.07, 6.45) is 0.620. The van der Waals surface area contributed by atoms with E-state index in [1.165, 1.54) is 11.8 Å². The summed E-state index contributed by atoms with van der Waals surface area (Å²) in [5, 5.41) is 0.231. The van der Waals surface area contributed by atoms with Gasteiger partial charge in [-0.25, -0.2) is 4.98 Å². The molecule has 0 radical (unpaired) electrons. The minimum absolute atomic E-state index is 0.0536. The Morgan fingerprint density at radius 1 is 1.00 bits per heavy atom. The molecule has 0 unspecified atom stereocenters. The molecule has 0 bridgehead atoms. The third kappa shape index (κ3) is 3.33. The quantitative estimate of drug-likeness (QED) is 0.632. The zero-order valence-corrected chi connectivity index (χ0v) is 14.5. The van der Waals surface area contributed by atoms with Crippen molar-refractivity contribution in [3.05, 3.63) is 60.7 Å². The van der Waals surface area contributed by atoms with Gasteiger partial charge >= 0.3 is 5.97 Å². The lowest BCUT2D eigenvalue weighted by Crippen LogP contribution is -2.09. The number of hydrogen-bond acceptors (Lipinski definition) is 5. The summed E-state index contributed by atoms with van der Waals surface area (Å²) in [6, 6.07) is 19.8. The van der Waals surface area contributed by atoms with Gasteiger partial charge in [0.25, 0.3) is 5.22 Å². The summed E-state index contributed by atoms with van der Waals surface area (Å²) < 4.78 is 11.3. The van der Waals surface area contributed by atoms with Crippen molar-refractivity contribution in [2.75, 3.05) is 0 Å². The van der Waals surface area contributed by atoms with E-state index in [4.69, 9.17) is 9.15 Å². The van der Waals surface area contributed by atoms with Crippen molar-refractivity contribution < 1.29 is 13.9 Å². The highest BCUT2D eigenvalue weighted by Gasteiger charge is 2.34. The Morgan fingerprint density at radius 3 is 2.24 bits per heavy atom. The lowest BCUT2D eigenvalue weighted by atomic mass is 10.1. The zero-order valence-electron chi connectivity index (χ0n) is 13.7. The predicted octanol–water partition coefficient (Wildman–Crippen LogP) is 4.80. The maximum atomic E-state index is 11.9. The monoisotopic (exact) mass is 351 g/mol. The molecule has 25 heavy (non-hydrogen) atoms. The molecule has 4 rings (SSSR count). The van der Waals surface area contributed by atoms with Crippen molar-refractivity contribution >= 4 is 17.7 Å². The van der Waals surface area contributed by atoms with Crippen LogP contribution in [-0.2, 0) is 9.53 Å². The Hall–Kier alpha value is -2.53. The number of rotatable bonds is 4. The zero-order chi connectivity index (χ0) is 17.2. The number of nitrogens with zero attached hydrogens (tertiary/aromatic N) is 1. The number of thioether (sulfide) groups is 1. The normalized spacial score (nSPS) is 19.8. The van der Waals surface area contributed by atoms with Crippen LogP contribution < -0.4 is 0 Å². The molecule has 1 fully saturated rings. The molecular weight excluding hydrogens is 334 g/mol. The van der Waals surface area contributed by atoms with Crippen LogP contribution >= 0.6 is 11.8 Å². The number of carbonyl (C=O) groups is 1. The maximum absolute atomic E-state index is 11.9. The fourth-order valence-electron chi connectivity index (χ4n) is 2.87. The second-order valence-corrected chi connectivity index (χ2v) is 7.13. The van der Waals surface area contributed by atoms with Crippen LogP contribution in [0, 0.1) is 0 Å². The number of hydrogen-bond donors (Lipinski definition) is 0. The van der Waals surface area contributed by atoms with Gasteiger partial charge in [0.2, 0.25) is 0 Å². The van der Waals surface area contributed by atoms with Crippen molar-refractivity contribution in [2.45, 2.75) is 29.9 Å². The van der Waals surface area contributed by atoms with Gasteiger partial charge in [0.1, 0.15) is 17.0 Å². The van der Waals surface area contributed by atoms with Crippen LogP contribution in [0.5, 0.6) is 0 Å². The van der Waals surface area contributed by atoms with E-state index in [9.17, 15) is 4.79 Å². The number of ether oxygens (including phenoxy) is 1. The van der Waals surface area contributed by atoms with E-state index < -0.39 is 0 Å². The van der Waals surface area contributed by atoms with E-state index >= 15 is 0 Å². The Labute approximate surface area is 150 Å². The summed E-state index contributed by atoms with van der Waals surface area (Å²) in [5.41, 5.74) is 2.73. The first-order valence-electron chi connectivity index (χ1n) is 8.19. The van der Waals surface area contributed by atoms with Crippen LogP contribution in [0.2, 0.25) is 0 Å². The third-order valence-electron chi connectivity index (χ3n) is 4.06. The molecule has 3 aromatic rings. The van der Waals surface area contributed by atoms with Crippen LogP contribution in [0.3, 0.4) is 0 Å². The molecule has 0 amide bonds. The predicted molar refractivity (Wildman–Crippen MR) is 97.2 cm³/mol. The molecule has 0 N–H and O–H groups in total. The summed E-state index contributed by atoms with van der Waals surface area (Å²) >= 11 is 1.34. The van der Waals surface area contributed by atoms with Crippen LogP contribution in [0.1, 0.15) is 13.3 Å². The molecule has 4 nitrogen and oxygen atoms in total. The molecule has 126 valence electrons. The summed E-state index contributed by atoms with van der Waals surface area (Å²) in [7, 11) is 0. The Morgan fingerprint density at radius 2 is 1.64 bits per heavy atom. The van der Waals surface area contributed by atoms with Crippen LogP contribution in [0.15, 0.2) is 70.3 Å². The van der Waals surface area contributed by atoms with Gasteiger partial charge in [-0.3, -0.25) is 4.79 Å². The molecule has 0 spiro atoms. The fourth-order valence-corrected chi connectivity index (χ4v) is 3.90. The average Bonchev–Trinajstić information content (AvgIpc) is 3.20. The van der Waals surface area contributed by atoms with Crippen molar-refractivity contribution in [1.82, 2.24) is 4.98 Å². The number of cyclic esters (lactones) is 1. The molecule has 1 saturated heterocycles. The van der Waals surface area contributed by atoms with E-state index in [-0.39, 0.29) is 17.3 Å². The van der Waals surface area contributed by atoms with Crippen molar-refractivity contribution in [2.24, 2.45) is 0 Å². The topological polar surface area (TPSA) is 52.3 Å². The van der Waals surface area contributed by atoms with E-state index in [0.29, 0.717) is 17.4 Å². The average molecular weight is 351 g/mol. The number of oxazole rings is 1. The first-order valence-corrected chi connectivity index (χ1v) is 9.07. The van der Waals surface area contributed by atoms with E-state index in [1.807, 2.05) is 67.6 Å². The SMILES string of the molecule is C[C@H]1C[C@H](Sc2nc(-c3ccccc3)c(-c3ccccc3)o2)C(=O)O1. The number of benzene rings is 2. The van der Waals surface area contributed by atoms with Gasteiger partial charge in [0, 0.05) is 17.5 Å². The van der Waals surface area contributed by atoms with Crippen molar-refractivity contribution in [3.63, 3.8) is 0 Å². The van der Waals surface area contributed by atoms with Crippen molar-refractivity contribution in [3.8, 4) is 22.6 Å². The molecule has 0 saturated carbocycles. The summed E-state index contributed by atoms with van der Waals surface area (Å²) in [4.78, 5) is 16.6. The summed E-state index contributed by atoms with van der Waals surface area (Å²) in [6.45, 7) is 1.90. The highest BCUT2D eigenvalue weighted by molar-refractivity contribution is 8.00. The molecule has 1 aliphatic rings. The summed E-state index contributed by atoms with van der Waals surface area (Å²) in [5.74, 6) is 0.520. The fraction of sp³-hybridized carbons (Fsp3) is 0.200. The first kappa shape index (κ1) is 16.0. The first-order chi connectivity index (χ1) is 12.2. The molecular formula is C20H17NO3S. The van der Waals surface area contributed by atoms with Gasteiger partial charge in [-0.05, 0) is 6.92 Å². The van der Waals surface area contributed by atoms with Crippen LogP contribution in [0.25, 0.3) is 22.6 Å². The van der Waals surface area contributed by atoms with Gasteiger partial charge in [-0.2, -0.15) is 0 Å². The van der Waals surface area contributed by atoms with Crippen LogP contribution in [0.4, 0.5) is 0 Å². The standard InChI is InChI=1S/C20H17NO3S/c1-13-12-16(19(22)23-13)25-20-21-17(14-8-4-2-5-9-14)18(24-20)15-10-6-3-7-11-15/h2-11,13,16H,12H2,1H3/t13-,16-/m0/s1. The Kier molecular flexibility index (Phi) is 4.32. The lowest BCUT2D eigenvalue weighted by Gasteiger charge is -2.01. The van der Waals surface area contributed by atoms with Gasteiger partial charge in [-0.15, -0.1) is 0 Å². The molecule has 1 aromatic heterocycles. The lowest BCUT2D eigenvalue weighted by molar-refractivity contribution is -0.140. The van der Waals surface area contributed by atoms with E-state index in [1.54, 1.807) is 0 Å². The van der Waals surface area contributed by atoms with E-state index in [0.717, 1.165) is 16.8 Å². The second kappa shape index (κ2) is 6.76. The van der Waals surface area contributed by atoms with Gasteiger partial charge in [-0.1, -0.05) is 72.4 Å². The second-order valence-electron chi connectivity index (χ2n) is 5.98. The number of carbonyl (C=O) groups excluding carboxylic acids is 1. The maximum Gasteiger partial charge on any atom is 0.320 e. The highest BCUT2D eigenvalue weighted by Crippen LogP contribution is 2.38. The molecule has 5 heteroatoms. The molecule has 2 aromatic carbocycles. The highest BCUT2D eigenvalue weighted by atomic mass is 32.2. The molecule has 2 heterocycles. The van der Waals surface area contributed by atoms with Gasteiger partial charge < -0.3 is 9.15 Å². The number of aromatic nitrogens is 1. The minimum Gasteiger partial charge on any atom is -0.462 e. The third-order valence-corrected chi connectivity index (χ3v) is 5.11. The molecule has 2 atom stereocenters. The molecule has 0 aliphatic carbocycles. The Balaban J connectivity index is 1.72. The van der Waals surface area contributed by atoms with Crippen molar-refractivity contribution in [1.29, 1.82) is 0 Å². The molecule has 1 aliphatic heterocycles. The smallest absolute Gasteiger partial charge is 0.320 e. The van der Waals surface area contributed by atoms with Gasteiger partial charge in [0.05, 0.1) is 0 Å². The number of esters is 1. The van der Waals surface area contributed by atoms with Gasteiger partial charge in [0.15, 0.2) is 5.76 Å². The Bertz CT molecular complexity index is 819. The minimum atomic E-state index is -0.263. The largest absolute Gasteiger partial charge is 0.462 e.